The van der Waals surface area contributed by atoms with Crippen molar-refractivity contribution in [3.05, 3.63) is 29.8 Å². The molecule has 0 saturated carbocycles. The van der Waals surface area contributed by atoms with Crippen molar-refractivity contribution in [2.45, 2.75) is 0 Å². The summed E-state index contributed by atoms with van der Waals surface area (Å²) in [5.41, 5.74) is 9.80. The van der Waals surface area contributed by atoms with Gasteiger partial charge in [0.1, 0.15) is 0 Å². The van der Waals surface area contributed by atoms with Crippen molar-refractivity contribution < 1.29 is 0 Å². The average Bonchev–Trinajstić information content (AvgIpc) is 2.39. The molecule has 0 aliphatic heterocycles. The molecule has 3 N–H and O–H groups in total. The molecule has 4 nitrogen and oxygen atoms in total. The maximum Gasteiger partial charge on any atom is 0.184 e. The number of hydrogen-bond donors (Lipinski definition) is 2. The van der Waals surface area contributed by atoms with Gasteiger partial charge in [0.05, 0.1) is 6.21 Å². The van der Waals surface area contributed by atoms with E-state index in [1.807, 2.05) is 24.3 Å². The standard InChI is InChI=1S/C12H16Cl2N4S/c13-5-7-18(8-6-14)11-3-1-10(2-4-11)9-16-17-12(15)19/h1-4,9H,5-8H2,(H3,15,17,19). The third-order valence-electron chi connectivity index (χ3n) is 2.36. The number of benzene rings is 1. The summed E-state index contributed by atoms with van der Waals surface area (Å²) in [6.07, 6.45) is 1.65. The first-order valence-electron chi connectivity index (χ1n) is 5.73. The number of thiocarbonyl (C=S) groups is 1. The van der Waals surface area contributed by atoms with Gasteiger partial charge in [-0.2, -0.15) is 5.10 Å². The van der Waals surface area contributed by atoms with E-state index in [0.717, 1.165) is 24.3 Å². The van der Waals surface area contributed by atoms with Gasteiger partial charge >= 0.3 is 0 Å². The van der Waals surface area contributed by atoms with Gasteiger partial charge in [-0.3, -0.25) is 5.43 Å². The van der Waals surface area contributed by atoms with Gasteiger partial charge in [-0.15, -0.1) is 23.2 Å². The quantitative estimate of drug-likeness (QED) is 0.350. The molecule has 0 unspecified atom stereocenters. The van der Waals surface area contributed by atoms with Crippen LogP contribution in [0.15, 0.2) is 29.4 Å². The average molecular weight is 319 g/mol. The number of hydrogen-bond acceptors (Lipinski definition) is 3. The van der Waals surface area contributed by atoms with Gasteiger partial charge in [0, 0.05) is 30.5 Å². The van der Waals surface area contributed by atoms with Crippen LogP contribution in [0.2, 0.25) is 0 Å². The van der Waals surface area contributed by atoms with Gasteiger partial charge in [-0.05, 0) is 29.9 Å². The number of rotatable bonds is 7. The molecule has 0 amide bonds. The lowest BCUT2D eigenvalue weighted by Gasteiger charge is -2.22. The van der Waals surface area contributed by atoms with Crippen LogP contribution >= 0.6 is 35.4 Å². The third-order valence-corrected chi connectivity index (χ3v) is 2.78. The molecule has 0 radical (unpaired) electrons. The highest BCUT2D eigenvalue weighted by Crippen LogP contribution is 2.14. The molecule has 0 saturated heterocycles. The highest BCUT2D eigenvalue weighted by atomic mass is 35.5. The number of nitrogens with zero attached hydrogens (tertiary/aromatic N) is 2. The molecule has 1 aromatic rings. The Labute approximate surface area is 128 Å². The summed E-state index contributed by atoms with van der Waals surface area (Å²) in [6, 6.07) is 7.91. The van der Waals surface area contributed by atoms with Crippen LogP contribution in [0.3, 0.4) is 0 Å². The van der Waals surface area contributed by atoms with E-state index in [4.69, 9.17) is 28.9 Å². The Bertz CT molecular complexity index is 416. The summed E-state index contributed by atoms with van der Waals surface area (Å²) in [5, 5.41) is 4.03. The van der Waals surface area contributed by atoms with Crippen molar-refractivity contribution in [2.24, 2.45) is 10.8 Å². The molecule has 1 aromatic carbocycles. The van der Waals surface area contributed by atoms with Crippen molar-refractivity contribution in [3.8, 4) is 0 Å². The van der Waals surface area contributed by atoms with Crippen LogP contribution in [-0.2, 0) is 0 Å². The van der Waals surface area contributed by atoms with E-state index >= 15 is 0 Å². The first-order valence-corrected chi connectivity index (χ1v) is 7.20. The Morgan fingerprint density at radius 1 is 1.26 bits per heavy atom. The second kappa shape index (κ2) is 8.96. The molecule has 0 spiro atoms. The number of nitrogens with two attached hydrogens (primary N) is 1. The van der Waals surface area contributed by atoms with Gasteiger partial charge in [-0.1, -0.05) is 12.1 Å². The van der Waals surface area contributed by atoms with Crippen LogP contribution in [0, 0.1) is 0 Å². The normalized spacial score (nSPS) is 10.6. The van der Waals surface area contributed by atoms with E-state index < -0.39 is 0 Å². The van der Waals surface area contributed by atoms with Crippen LogP contribution in [0.5, 0.6) is 0 Å². The summed E-state index contributed by atoms with van der Waals surface area (Å²) < 4.78 is 0. The molecule has 0 fully saturated rings. The van der Waals surface area contributed by atoms with Crippen LogP contribution in [-0.4, -0.2) is 36.2 Å². The Balaban J connectivity index is 2.68. The molecule has 1 rings (SSSR count). The topological polar surface area (TPSA) is 53.6 Å². The summed E-state index contributed by atoms with van der Waals surface area (Å²) in [6.45, 7) is 1.54. The van der Waals surface area contributed by atoms with Gasteiger partial charge in [-0.25, -0.2) is 0 Å². The Morgan fingerprint density at radius 3 is 2.32 bits per heavy atom. The molecular formula is C12H16Cl2N4S. The zero-order valence-corrected chi connectivity index (χ0v) is 12.7. The lowest BCUT2D eigenvalue weighted by molar-refractivity contribution is 0.874. The molecule has 0 aromatic heterocycles. The molecular weight excluding hydrogens is 303 g/mol. The molecule has 0 aliphatic carbocycles. The SMILES string of the molecule is NC(=S)NN=Cc1ccc(N(CCCl)CCCl)cc1. The maximum atomic E-state index is 5.77. The van der Waals surface area contributed by atoms with Crippen LogP contribution in [0.25, 0.3) is 0 Å². The van der Waals surface area contributed by atoms with Crippen molar-refractivity contribution in [1.82, 2.24) is 5.43 Å². The minimum atomic E-state index is 0.142. The summed E-state index contributed by atoms with van der Waals surface area (Å²) in [5.74, 6) is 1.13. The smallest absolute Gasteiger partial charge is 0.184 e. The molecule has 0 atom stereocenters. The van der Waals surface area contributed by atoms with Gasteiger partial charge < -0.3 is 10.6 Å². The summed E-state index contributed by atoms with van der Waals surface area (Å²) in [4.78, 5) is 2.13. The Hall–Kier alpha value is -1.04. The fraction of sp³-hybridized carbons (Fsp3) is 0.333. The second-order valence-electron chi connectivity index (χ2n) is 3.69. The van der Waals surface area contributed by atoms with Gasteiger partial charge in [0.25, 0.3) is 0 Å². The van der Waals surface area contributed by atoms with E-state index in [1.165, 1.54) is 0 Å². The number of alkyl halides is 2. The highest BCUT2D eigenvalue weighted by Gasteiger charge is 2.04. The van der Waals surface area contributed by atoms with Crippen molar-refractivity contribution in [1.29, 1.82) is 0 Å². The largest absolute Gasteiger partial charge is 0.375 e. The van der Waals surface area contributed by atoms with E-state index in [2.05, 4.69) is 27.6 Å². The van der Waals surface area contributed by atoms with E-state index in [0.29, 0.717) is 11.8 Å². The molecule has 7 heteroatoms. The molecule has 0 aliphatic rings. The van der Waals surface area contributed by atoms with Crippen LogP contribution < -0.4 is 16.1 Å². The zero-order chi connectivity index (χ0) is 14.1. The minimum Gasteiger partial charge on any atom is -0.375 e. The minimum absolute atomic E-state index is 0.142. The second-order valence-corrected chi connectivity index (χ2v) is 4.89. The lowest BCUT2D eigenvalue weighted by Crippen LogP contribution is -2.27. The van der Waals surface area contributed by atoms with Crippen molar-refractivity contribution in [3.63, 3.8) is 0 Å². The van der Waals surface area contributed by atoms with E-state index in [1.54, 1.807) is 6.21 Å². The molecule has 104 valence electrons. The zero-order valence-electron chi connectivity index (χ0n) is 10.4. The maximum absolute atomic E-state index is 5.77. The number of halogens is 2. The first kappa shape index (κ1) is 16.0. The fourth-order valence-corrected chi connectivity index (χ4v) is 1.98. The van der Waals surface area contributed by atoms with Crippen LogP contribution in [0.1, 0.15) is 5.56 Å². The highest BCUT2D eigenvalue weighted by molar-refractivity contribution is 7.80. The lowest BCUT2D eigenvalue weighted by atomic mass is 10.2. The molecule has 0 bridgehead atoms. The fourth-order valence-electron chi connectivity index (χ4n) is 1.52. The Kier molecular flexibility index (Phi) is 7.55. The Morgan fingerprint density at radius 2 is 1.84 bits per heavy atom. The number of anilines is 1. The van der Waals surface area contributed by atoms with Crippen molar-refractivity contribution in [2.75, 3.05) is 29.7 Å². The predicted octanol–water partition coefficient (Wildman–Crippen LogP) is 2.14. The third kappa shape index (κ3) is 6.09. The van der Waals surface area contributed by atoms with E-state index in [9.17, 15) is 0 Å². The van der Waals surface area contributed by atoms with Gasteiger partial charge in [0.15, 0.2) is 5.11 Å². The monoisotopic (exact) mass is 318 g/mol. The summed E-state index contributed by atoms with van der Waals surface area (Å²) >= 11 is 16.2. The number of nitrogens with one attached hydrogen (secondary N) is 1. The van der Waals surface area contributed by atoms with Gasteiger partial charge in [0.2, 0.25) is 0 Å². The summed E-state index contributed by atoms with van der Waals surface area (Å²) in [7, 11) is 0. The molecule has 19 heavy (non-hydrogen) atoms. The number of hydrazone groups is 1. The van der Waals surface area contributed by atoms with Crippen LogP contribution in [0.4, 0.5) is 5.69 Å². The predicted molar refractivity (Wildman–Crippen MR) is 87.6 cm³/mol. The molecule has 0 heterocycles. The van der Waals surface area contributed by atoms with Crippen molar-refractivity contribution >= 4 is 52.4 Å². The first-order chi connectivity index (χ1) is 9.17. The van der Waals surface area contributed by atoms with E-state index in [-0.39, 0.29) is 5.11 Å².